The Morgan fingerprint density at radius 1 is 0.778 bits per heavy atom. The van der Waals surface area contributed by atoms with E-state index in [1.807, 2.05) is 66.9 Å². The van der Waals surface area contributed by atoms with Crippen LogP contribution in [-0.2, 0) is 0 Å². The number of benzene rings is 4. The van der Waals surface area contributed by atoms with Gasteiger partial charge in [-0.3, -0.25) is 10.4 Å². The molecule has 1 aromatic heterocycles. The smallest absolute Gasteiger partial charge is 0.140 e. The van der Waals surface area contributed by atoms with Crippen molar-refractivity contribution < 1.29 is 4.74 Å². The number of anilines is 1. The van der Waals surface area contributed by atoms with E-state index in [1.165, 1.54) is 11.1 Å². The van der Waals surface area contributed by atoms with E-state index >= 15 is 0 Å². The number of ether oxygens (including phenoxy) is 1. The molecule has 4 nitrogen and oxygen atoms in total. The molecule has 0 saturated carbocycles. The summed E-state index contributed by atoms with van der Waals surface area (Å²) in [6.07, 6.45) is 3.70. The third-order valence-electron chi connectivity index (χ3n) is 6.57. The molecule has 0 spiro atoms. The minimum Gasteiger partial charge on any atom is -0.456 e. The molecule has 0 saturated heterocycles. The zero-order chi connectivity index (χ0) is 24.3. The number of hydrogen-bond donors (Lipinski definition) is 1. The van der Waals surface area contributed by atoms with E-state index in [-0.39, 0.29) is 5.92 Å². The van der Waals surface area contributed by atoms with E-state index in [1.54, 1.807) is 6.20 Å². The van der Waals surface area contributed by atoms with Gasteiger partial charge in [-0.15, -0.1) is 0 Å². The molecule has 0 aliphatic carbocycles. The summed E-state index contributed by atoms with van der Waals surface area (Å²) in [6, 6.07) is 37.1. The van der Waals surface area contributed by atoms with Crippen molar-refractivity contribution in [2.45, 2.75) is 12.8 Å². The molecule has 0 radical (unpaired) electrons. The van der Waals surface area contributed by atoms with Crippen molar-refractivity contribution in [1.82, 2.24) is 4.98 Å². The van der Waals surface area contributed by atoms with Crippen molar-refractivity contribution >= 4 is 28.6 Å². The zero-order valence-corrected chi connectivity index (χ0v) is 19.9. The van der Waals surface area contributed by atoms with Crippen molar-refractivity contribution in [2.75, 3.05) is 5.43 Å². The second kappa shape index (κ2) is 9.51. The van der Waals surface area contributed by atoms with Crippen molar-refractivity contribution in [3.63, 3.8) is 0 Å². The molecule has 1 aliphatic heterocycles. The molecule has 0 fully saturated rings. The summed E-state index contributed by atoms with van der Waals surface area (Å²) < 4.78 is 6.54. The largest absolute Gasteiger partial charge is 0.456 e. The van der Waals surface area contributed by atoms with Crippen LogP contribution in [0.25, 0.3) is 16.7 Å². The molecule has 36 heavy (non-hydrogen) atoms. The third kappa shape index (κ3) is 4.03. The summed E-state index contributed by atoms with van der Waals surface area (Å²) in [5.74, 6) is 1.65. The molecular formula is C32H25N3O. The minimum atomic E-state index is -0.0254. The first-order chi connectivity index (χ1) is 17.8. The van der Waals surface area contributed by atoms with E-state index in [9.17, 15) is 0 Å². The van der Waals surface area contributed by atoms with Crippen molar-refractivity contribution in [3.05, 3.63) is 143 Å². The molecule has 5 aromatic rings. The molecule has 4 aromatic carbocycles. The number of hydrazone groups is 1. The van der Waals surface area contributed by atoms with Gasteiger partial charge in [-0.25, -0.2) is 0 Å². The Balaban J connectivity index is 1.50. The van der Waals surface area contributed by atoms with Crippen LogP contribution in [0.4, 0.5) is 5.69 Å². The lowest BCUT2D eigenvalue weighted by atomic mass is 9.80. The van der Waals surface area contributed by atoms with Gasteiger partial charge in [0.25, 0.3) is 0 Å². The van der Waals surface area contributed by atoms with E-state index in [2.05, 4.69) is 65.9 Å². The van der Waals surface area contributed by atoms with Gasteiger partial charge in [-0.1, -0.05) is 91.0 Å². The Bertz CT molecular complexity index is 1600. The molecule has 0 bridgehead atoms. The van der Waals surface area contributed by atoms with Crippen LogP contribution in [-0.4, -0.2) is 11.2 Å². The van der Waals surface area contributed by atoms with E-state index in [0.717, 1.165) is 44.8 Å². The number of pyridine rings is 1. The van der Waals surface area contributed by atoms with Gasteiger partial charge in [-0.2, -0.15) is 5.10 Å². The van der Waals surface area contributed by atoms with Gasteiger partial charge >= 0.3 is 0 Å². The Kier molecular flexibility index (Phi) is 5.76. The first-order valence-corrected chi connectivity index (χ1v) is 12.0. The number of nitrogens with zero attached hydrogens (tertiary/aromatic N) is 2. The molecule has 1 N–H and O–H groups in total. The number of aryl methyl sites for hydroxylation is 1. The molecule has 1 atom stereocenters. The second-order valence-corrected chi connectivity index (χ2v) is 8.83. The van der Waals surface area contributed by atoms with Crippen LogP contribution in [0.5, 0.6) is 5.75 Å². The van der Waals surface area contributed by atoms with Gasteiger partial charge in [-0.05, 0) is 36.2 Å². The lowest BCUT2D eigenvalue weighted by Crippen LogP contribution is -2.18. The molecule has 1 unspecified atom stereocenters. The zero-order valence-electron chi connectivity index (χ0n) is 19.9. The lowest BCUT2D eigenvalue weighted by Gasteiger charge is -2.30. The van der Waals surface area contributed by atoms with Crippen LogP contribution in [0.2, 0.25) is 0 Å². The summed E-state index contributed by atoms with van der Waals surface area (Å²) in [7, 11) is 0. The maximum absolute atomic E-state index is 6.54. The Labute approximate surface area is 210 Å². The topological polar surface area (TPSA) is 46.5 Å². The highest BCUT2D eigenvalue weighted by atomic mass is 16.5. The summed E-state index contributed by atoms with van der Waals surface area (Å²) >= 11 is 0. The fraction of sp³-hybridized carbons (Fsp3) is 0.0625. The fourth-order valence-electron chi connectivity index (χ4n) is 4.84. The SMILES string of the molecule is Cc1ccccc1C1C(/C=N/Nc2cccc3cccnc23)=C(c2ccccc2)Oc2ccccc21. The average molecular weight is 468 g/mol. The molecule has 6 rings (SSSR count). The maximum Gasteiger partial charge on any atom is 0.140 e. The van der Waals surface area contributed by atoms with Gasteiger partial charge in [0.05, 0.1) is 17.4 Å². The van der Waals surface area contributed by atoms with Gasteiger partial charge in [0, 0.05) is 34.2 Å². The quantitative estimate of drug-likeness (QED) is 0.214. The monoisotopic (exact) mass is 467 g/mol. The summed E-state index contributed by atoms with van der Waals surface area (Å²) in [5.41, 5.74) is 10.6. The molecule has 2 heterocycles. The highest BCUT2D eigenvalue weighted by Gasteiger charge is 2.31. The third-order valence-corrected chi connectivity index (χ3v) is 6.57. The number of rotatable bonds is 5. The molecule has 174 valence electrons. The predicted octanol–water partition coefficient (Wildman–Crippen LogP) is 7.58. The van der Waals surface area contributed by atoms with Gasteiger partial charge in [0.15, 0.2) is 0 Å². The van der Waals surface area contributed by atoms with Crippen LogP contribution in [0.15, 0.2) is 126 Å². The number of nitrogens with one attached hydrogen (secondary N) is 1. The van der Waals surface area contributed by atoms with Crippen LogP contribution in [0.1, 0.15) is 28.2 Å². The van der Waals surface area contributed by atoms with Gasteiger partial charge in [0.2, 0.25) is 0 Å². The number of allylic oxidation sites excluding steroid dienone is 1. The number of fused-ring (bicyclic) bond motifs is 2. The molecular weight excluding hydrogens is 442 g/mol. The predicted molar refractivity (Wildman–Crippen MR) is 147 cm³/mol. The maximum atomic E-state index is 6.54. The van der Waals surface area contributed by atoms with Crippen LogP contribution >= 0.6 is 0 Å². The highest BCUT2D eigenvalue weighted by molar-refractivity contribution is 5.95. The summed E-state index contributed by atoms with van der Waals surface area (Å²) in [5, 5.41) is 5.78. The van der Waals surface area contributed by atoms with E-state index < -0.39 is 0 Å². The number of para-hydroxylation sites is 2. The average Bonchev–Trinajstić information content (AvgIpc) is 2.94. The highest BCUT2D eigenvalue weighted by Crippen LogP contribution is 2.45. The standard InChI is InChI=1S/C32H25N3O/c1-22-11-5-6-16-25(22)30-26-17-7-8-19-29(26)36-32(24-12-3-2-4-13-24)27(30)21-34-35-28-18-9-14-23-15-10-20-33-31(23)28/h2-21,30,35H,1H3/b34-21+. The minimum absolute atomic E-state index is 0.0254. The fourth-order valence-corrected chi connectivity index (χ4v) is 4.84. The Morgan fingerprint density at radius 2 is 1.53 bits per heavy atom. The molecule has 0 amide bonds. The number of aromatic nitrogens is 1. The summed E-state index contributed by atoms with van der Waals surface area (Å²) in [4.78, 5) is 4.54. The van der Waals surface area contributed by atoms with Crippen LogP contribution < -0.4 is 10.2 Å². The van der Waals surface area contributed by atoms with Crippen molar-refractivity contribution in [3.8, 4) is 5.75 Å². The van der Waals surface area contributed by atoms with E-state index in [4.69, 9.17) is 9.84 Å². The van der Waals surface area contributed by atoms with Crippen LogP contribution in [0, 0.1) is 6.92 Å². The number of hydrogen-bond acceptors (Lipinski definition) is 4. The first-order valence-electron chi connectivity index (χ1n) is 12.0. The van der Waals surface area contributed by atoms with Crippen molar-refractivity contribution in [2.24, 2.45) is 5.10 Å². The first kappa shape index (κ1) is 21.8. The van der Waals surface area contributed by atoms with E-state index in [0.29, 0.717) is 0 Å². The molecule has 4 heteroatoms. The second-order valence-electron chi connectivity index (χ2n) is 8.83. The Morgan fingerprint density at radius 3 is 2.39 bits per heavy atom. The van der Waals surface area contributed by atoms with Crippen LogP contribution in [0.3, 0.4) is 0 Å². The molecule has 1 aliphatic rings. The lowest BCUT2D eigenvalue weighted by molar-refractivity contribution is 0.489. The van der Waals surface area contributed by atoms with Gasteiger partial charge in [0.1, 0.15) is 11.5 Å². The normalized spacial score (nSPS) is 15.1. The van der Waals surface area contributed by atoms with Crippen molar-refractivity contribution in [1.29, 1.82) is 0 Å². The summed E-state index contributed by atoms with van der Waals surface area (Å²) in [6.45, 7) is 2.16. The van der Waals surface area contributed by atoms with Gasteiger partial charge < -0.3 is 4.74 Å². The Hall–Kier alpha value is -4.70.